The second kappa shape index (κ2) is 6.26. The summed E-state index contributed by atoms with van der Waals surface area (Å²) in [7, 11) is 0. The third kappa shape index (κ3) is 2.76. The lowest BCUT2D eigenvalue weighted by molar-refractivity contribution is -0.130. The fraction of sp³-hybridized carbons (Fsp3) is 0.111. The van der Waals surface area contributed by atoms with Crippen LogP contribution >= 0.6 is 0 Å². The predicted molar refractivity (Wildman–Crippen MR) is 84.1 cm³/mol. The molecule has 2 aromatic carbocycles. The average Bonchev–Trinajstić information content (AvgIpc) is 2.96. The number of aliphatic imine (C=N–C) groups is 1. The molecular formula is C18H15NO3. The van der Waals surface area contributed by atoms with Gasteiger partial charge in [0, 0.05) is 11.1 Å². The number of carbonyl (C=O) groups is 1. The van der Waals surface area contributed by atoms with Crippen LogP contribution in [-0.4, -0.2) is 18.5 Å². The van der Waals surface area contributed by atoms with E-state index in [4.69, 9.17) is 9.47 Å². The Hall–Kier alpha value is -2.88. The average molecular weight is 293 g/mol. The third-order valence-electron chi connectivity index (χ3n) is 3.16. The Morgan fingerprint density at radius 3 is 2.32 bits per heavy atom. The topological polar surface area (TPSA) is 47.9 Å². The Kier molecular flexibility index (Phi) is 4.01. The molecule has 0 radical (unpaired) electrons. The van der Waals surface area contributed by atoms with Crippen molar-refractivity contribution in [3.05, 3.63) is 77.5 Å². The van der Waals surface area contributed by atoms with E-state index >= 15 is 0 Å². The van der Waals surface area contributed by atoms with Crippen LogP contribution in [0, 0.1) is 0 Å². The summed E-state index contributed by atoms with van der Waals surface area (Å²) in [4.78, 5) is 16.5. The number of esters is 1. The summed E-state index contributed by atoms with van der Waals surface area (Å²) in [6, 6.07) is 18.8. The third-order valence-corrected chi connectivity index (χ3v) is 3.16. The van der Waals surface area contributed by atoms with Gasteiger partial charge in [-0.15, -0.1) is 0 Å². The van der Waals surface area contributed by atoms with Crippen LogP contribution in [0.2, 0.25) is 0 Å². The van der Waals surface area contributed by atoms with Gasteiger partial charge >= 0.3 is 5.97 Å². The zero-order chi connectivity index (χ0) is 15.4. The zero-order valence-electron chi connectivity index (χ0n) is 12.2. The second-order valence-electron chi connectivity index (χ2n) is 4.65. The lowest BCUT2D eigenvalue weighted by Gasteiger charge is -2.09. The molecule has 0 bridgehead atoms. The van der Waals surface area contributed by atoms with Gasteiger partial charge in [0.1, 0.15) is 0 Å². The molecule has 3 rings (SSSR count). The quantitative estimate of drug-likeness (QED) is 0.493. The summed E-state index contributed by atoms with van der Waals surface area (Å²) in [5.74, 6) is 0.249. The molecule has 1 aliphatic rings. The molecule has 0 saturated heterocycles. The Balaban J connectivity index is 2.07. The molecule has 0 unspecified atom stereocenters. The van der Waals surface area contributed by atoms with E-state index in [2.05, 4.69) is 4.99 Å². The molecule has 0 spiro atoms. The lowest BCUT2D eigenvalue weighted by Crippen LogP contribution is -2.06. The molecule has 1 aliphatic heterocycles. The highest BCUT2D eigenvalue weighted by Crippen LogP contribution is 2.26. The van der Waals surface area contributed by atoms with Gasteiger partial charge < -0.3 is 9.47 Å². The van der Waals surface area contributed by atoms with E-state index in [0.717, 1.165) is 11.1 Å². The van der Waals surface area contributed by atoms with Gasteiger partial charge in [-0.25, -0.2) is 9.79 Å². The Morgan fingerprint density at radius 2 is 1.68 bits per heavy atom. The summed E-state index contributed by atoms with van der Waals surface area (Å²) in [5.41, 5.74) is 1.76. The molecule has 0 N–H and O–H groups in total. The van der Waals surface area contributed by atoms with Crippen molar-refractivity contribution in [2.24, 2.45) is 4.99 Å². The van der Waals surface area contributed by atoms with Crippen molar-refractivity contribution in [3.8, 4) is 0 Å². The maximum Gasteiger partial charge on any atom is 0.367 e. The SMILES string of the molecule is CCO/C(=C1\N=C(c2ccccc2)OC1=O)c1ccccc1. The molecule has 0 atom stereocenters. The normalized spacial score (nSPS) is 16.0. The van der Waals surface area contributed by atoms with Gasteiger partial charge in [0.25, 0.3) is 0 Å². The molecule has 1 heterocycles. The number of rotatable bonds is 4. The van der Waals surface area contributed by atoms with Gasteiger partial charge in [-0.05, 0) is 19.1 Å². The summed E-state index contributed by atoms with van der Waals surface area (Å²) in [6.07, 6.45) is 0. The number of nitrogens with zero attached hydrogens (tertiary/aromatic N) is 1. The highest BCUT2D eigenvalue weighted by atomic mass is 16.6. The van der Waals surface area contributed by atoms with Gasteiger partial charge in [-0.3, -0.25) is 0 Å². The van der Waals surface area contributed by atoms with E-state index in [1.807, 2.05) is 67.6 Å². The first-order chi connectivity index (χ1) is 10.8. The first kappa shape index (κ1) is 14.1. The Labute approximate surface area is 128 Å². The van der Waals surface area contributed by atoms with Gasteiger partial charge in [0.2, 0.25) is 5.90 Å². The first-order valence-corrected chi connectivity index (χ1v) is 7.08. The highest BCUT2D eigenvalue weighted by Gasteiger charge is 2.29. The van der Waals surface area contributed by atoms with Crippen LogP contribution in [0.15, 0.2) is 71.4 Å². The van der Waals surface area contributed by atoms with Crippen molar-refractivity contribution in [2.75, 3.05) is 6.61 Å². The van der Waals surface area contributed by atoms with Crippen molar-refractivity contribution in [1.29, 1.82) is 0 Å². The van der Waals surface area contributed by atoms with E-state index < -0.39 is 5.97 Å². The number of cyclic esters (lactones) is 1. The number of carbonyl (C=O) groups excluding carboxylic acids is 1. The van der Waals surface area contributed by atoms with Crippen LogP contribution in [0.3, 0.4) is 0 Å². The van der Waals surface area contributed by atoms with Crippen molar-refractivity contribution < 1.29 is 14.3 Å². The fourth-order valence-corrected chi connectivity index (χ4v) is 2.18. The minimum absolute atomic E-state index is 0.201. The van der Waals surface area contributed by atoms with E-state index in [1.165, 1.54) is 0 Å². The molecule has 4 heteroatoms. The Morgan fingerprint density at radius 1 is 1.05 bits per heavy atom. The molecule has 2 aromatic rings. The maximum absolute atomic E-state index is 12.2. The Bertz CT molecular complexity index is 733. The van der Waals surface area contributed by atoms with Crippen LogP contribution in [0.1, 0.15) is 18.1 Å². The molecule has 0 amide bonds. The van der Waals surface area contributed by atoms with E-state index in [-0.39, 0.29) is 5.70 Å². The molecule has 22 heavy (non-hydrogen) atoms. The number of benzene rings is 2. The van der Waals surface area contributed by atoms with E-state index in [9.17, 15) is 4.79 Å². The lowest BCUT2D eigenvalue weighted by atomic mass is 10.1. The van der Waals surface area contributed by atoms with Crippen molar-refractivity contribution >= 4 is 17.6 Å². The van der Waals surface area contributed by atoms with Crippen LogP contribution in [0.25, 0.3) is 5.76 Å². The van der Waals surface area contributed by atoms with Gasteiger partial charge in [0.05, 0.1) is 6.61 Å². The summed E-state index contributed by atoms with van der Waals surface area (Å²) in [6.45, 7) is 2.31. The standard InChI is InChI=1S/C18H15NO3/c1-2-21-16(13-9-5-3-6-10-13)15-18(20)22-17(19-15)14-11-7-4-8-12-14/h3-12H,2H2,1H3/b16-15-. The molecule has 0 aliphatic carbocycles. The van der Waals surface area contributed by atoms with Crippen LogP contribution < -0.4 is 0 Å². The molecule has 0 saturated carbocycles. The van der Waals surface area contributed by atoms with Crippen molar-refractivity contribution in [1.82, 2.24) is 0 Å². The fourth-order valence-electron chi connectivity index (χ4n) is 2.18. The van der Waals surface area contributed by atoms with E-state index in [0.29, 0.717) is 18.3 Å². The van der Waals surface area contributed by atoms with Crippen LogP contribution in [0.4, 0.5) is 0 Å². The van der Waals surface area contributed by atoms with Crippen molar-refractivity contribution in [3.63, 3.8) is 0 Å². The number of hydrogen-bond donors (Lipinski definition) is 0. The van der Waals surface area contributed by atoms with E-state index in [1.54, 1.807) is 0 Å². The van der Waals surface area contributed by atoms with Gasteiger partial charge in [-0.1, -0.05) is 48.5 Å². The zero-order valence-corrected chi connectivity index (χ0v) is 12.2. The molecule has 0 aromatic heterocycles. The van der Waals surface area contributed by atoms with Crippen molar-refractivity contribution in [2.45, 2.75) is 6.92 Å². The monoisotopic (exact) mass is 293 g/mol. The predicted octanol–water partition coefficient (Wildman–Crippen LogP) is 3.40. The largest absolute Gasteiger partial charge is 0.491 e. The summed E-state index contributed by atoms with van der Waals surface area (Å²) in [5, 5.41) is 0. The molecule has 110 valence electrons. The van der Waals surface area contributed by atoms with Crippen LogP contribution in [0.5, 0.6) is 0 Å². The highest BCUT2D eigenvalue weighted by molar-refractivity contribution is 6.13. The van der Waals surface area contributed by atoms with Crippen LogP contribution in [-0.2, 0) is 14.3 Å². The first-order valence-electron chi connectivity index (χ1n) is 7.08. The number of ether oxygens (including phenoxy) is 2. The maximum atomic E-state index is 12.2. The van der Waals surface area contributed by atoms with Gasteiger partial charge in [-0.2, -0.15) is 0 Å². The minimum Gasteiger partial charge on any atom is -0.491 e. The molecular weight excluding hydrogens is 278 g/mol. The molecule has 4 nitrogen and oxygen atoms in total. The number of hydrogen-bond acceptors (Lipinski definition) is 4. The summed E-state index contributed by atoms with van der Waals surface area (Å²) < 4.78 is 10.9. The van der Waals surface area contributed by atoms with Gasteiger partial charge in [0.15, 0.2) is 11.5 Å². The molecule has 0 fully saturated rings. The minimum atomic E-state index is -0.494. The smallest absolute Gasteiger partial charge is 0.367 e. The second-order valence-corrected chi connectivity index (χ2v) is 4.65. The summed E-state index contributed by atoms with van der Waals surface area (Å²) >= 11 is 0.